The molecule has 192 valence electrons. The number of hydrogen-bond acceptors (Lipinski definition) is 7. The van der Waals surface area contributed by atoms with E-state index in [-0.39, 0.29) is 25.2 Å². The van der Waals surface area contributed by atoms with Crippen LogP contribution in [-0.2, 0) is 4.74 Å². The summed E-state index contributed by atoms with van der Waals surface area (Å²) < 4.78 is 17.1. The number of para-hydroxylation sites is 2. The minimum atomic E-state index is -0.483. The van der Waals surface area contributed by atoms with Crippen molar-refractivity contribution in [1.82, 2.24) is 4.98 Å². The van der Waals surface area contributed by atoms with Crippen LogP contribution in [0.3, 0.4) is 0 Å². The highest BCUT2D eigenvalue weighted by Gasteiger charge is 2.23. The number of aromatic nitrogens is 1. The molecule has 1 aliphatic rings. The molecule has 2 atom stereocenters. The van der Waals surface area contributed by atoms with E-state index in [1.807, 2.05) is 43.3 Å². The van der Waals surface area contributed by atoms with E-state index in [1.54, 1.807) is 54.9 Å². The summed E-state index contributed by atoms with van der Waals surface area (Å²) >= 11 is 0. The second-order valence-corrected chi connectivity index (χ2v) is 8.96. The Morgan fingerprint density at radius 3 is 2.58 bits per heavy atom. The molecule has 0 radical (unpaired) electrons. The fourth-order valence-corrected chi connectivity index (χ4v) is 4.19. The van der Waals surface area contributed by atoms with Crippen molar-refractivity contribution < 1.29 is 23.8 Å². The van der Waals surface area contributed by atoms with E-state index in [0.717, 1.165) is 16.7 Å². The second kappa shape index (κ2) is 11.1. The van der Waals surface area contributed by atoms with Crippen LogP contribution >= 0.6 is 0 Å². The van der Waals surface area contributed by atoms with Gasteiger partial charge in [0.2, 0.25) is 0 Å². The summed E-state index contributed by atoms with van der Waals surface area (Å²) in [7, 11) is 0. The number of pyridine rings is 1. The molecule has 0 saturated carbocycles. The monoisotopic (exact) mass is 509 g/mol. The van der Waals surface area contributed by atoms with Gasteiger partial charge in [0.15, 0.2) is 17.6 Å². The highest BCUT2D eigenvalue weighted by atomic mass is 16.6. The van der Waals surface area contributed by atoms with Crippen molar-refractivity contribution in [2.24, 2.45) is 5.73 Å². The molecule has 0 spiro atoms. The van der Waals surface area contributed by atoms with E-state index in [1.165, 1.54) is 0 Å². The predicted molar refractivity (Wildman–Crippen MR) is 143 cm³/mol. The summed E-state index contributed by atoms with van der Waals surface area (Å²) in [5.41, 5.74) is 10.1. The summed E-state index contributed by atoms with van der Waals surface area (Å²) in [6.45, 7) is 2.21. The van der Waals surface area contributed by atoms with Crippen LogP contribution in [0.5, 0.6) is 11.5 Å². The maximum atomic E-state index is 12.9. The normalized spacial score (nSPS) is 14.8. The Balaban J connectivity index is 1.33. The van der Waals surface area contributed by atoms with E-state index in [9.17, 15) is 9.59 Å². The molecular weight excluding hydrogens is 482 g/mol. The quantitative estimate of drug-likeness (QED) is 0.337. The van der Waals surface area contributed by atoms with Crippen LogP contribution in [0, 0.1) is 0 Å². The van der Waals surface area contributed by atoms with E-state index in [2.05, 4.69) is 10.3 Å². The van der Waals surface area contributed by atoms with Crippen LogP contribution in [0.25, 0.3) is 11.1 Å². The maximum absolute atomic E-state index is 12.9. The summed E-state index contributed by atoms with van der Waals surface area (Å²) in [4.78, 5) is 29.8. The maximum Gasteiger partial charge on any atom is 0.338 e. The molecule has 1 aromatic heterocycles. The fraction of sp³-hybridized carbons (Fsp3) is 0.167. The van der Waals surface area contributed by atoms with Gasteiger partial charge in [-0.25, -0.2) is 4.79 Å². The number of carbonyl (C=O) groups excluding carboxylic acids is 2. The molecule has 4 aromatic rings. The van der Waals surface area contributed by atoms with Crippen molar-refractivity contribution >= 4 is 17.6 Å². The lowest BCUT2D eigenvalue weighted by Gasteiger charge is -2.26. The smallest absolute Gasteiger partial charge is 0.338 e. The molecule has 38 heavy (non-hydrogen) atoms. The number of esters is 1. The summed E-state index contributed by atoms with van der Waals surface area (Å²) in [5, 5.41) is 2.86. The van der Waals surface area contributed by atoms with Crippen molar-refractivity contribution in [2.75, 3.05) is 18.5 Å². The molecule has 0 fully saturated rings. The number of nitrogens with two attached hydrogens (primary N) is 1. The summed E-state index contributed by atoms with van der Waals surface area (Å²) in [6.07, 6.45) is 2.81. The van der Waals surface area contributed by atoms with Crippen LogP contribution in [0.15, 0.2) is 91.3 Å². The highest BCUT2D eigenvalue weighted by Crippen LogP contribution is 2.32. The second-order valence-electron chi connectivity index (χ2n) is 8.96. The number of carbonyl (C=O) groups is 2. The molecule has 8 nitrogen and oxygen atoms in total. The largest absolute Gasteiger partial charge is 0.486 e. The lowest BCUT2D eigenvalue weighted by atomic mass is 9.92. The van der Waals surface area contributed by atoms with Gasteiger partial charge in [-0.3, -0.25) is 9.78 Å². The lowest BCUT2D eigenvalue weighted by molar-refractivity contribution is 0.0110. The molecule has 1 aliphatic heterocycles. The van der Waals surface area contributed by atoms with Crippen molar-refractivity contribution in [3.8, 4) is 22.6 Å². The van der Waals surface area contributed by atoms with Gasteiger partial charge < -0.3 is 25.3 Å². The lowest BCUT2D eigenvalue weighted by Crippen LogP contribution is -2.34. The molecule has 0 aliphatic carbocycles. The molecular formula is C30H27N3O5. The highest BCUT2D eigenvalue weighted by molar-refractivity contribution is 6.05. The Labute approximate surface area is 220 Å². The molecule has 0 bridgehead atoms. The van der Waals surface area contributed by atoms with Crippen molar-refractivity contribution in [3.05, 3.63) is 108 Å². The first-order chi connectivity index (χ1) is 18.5. The molecule has 8 heteroatoms. The van der Waals surface area contributed by atoms with E-state index in [4.69, 9.17) is 19.9 Å². The van der Waals surface area contributed by atoms with Crippen LogP contribution in [0.4, 0.5) is 5.69 Å². The zero-order chi connectivity index (χ0) is 26.5. The first-order valence-corrected chi connectivity index (χ1v) is 12.2. The zero-order valence-electron chi connectivity index (χ0n) is 20.8. The van der Waals surface area contributed by atoms with Gasteiger partial charge >= 0.3 is 5.97 Å². The first kappa shape index (κ1) is 25.0. The van der Waals surface area contributed by atoms with Gasteiger partial charge in [0.05, 0.1) is 5.56 Å². The number of benzene rings is 3. The number of rotatable bonds is 7. The fourth-order valence-electron chi connectivity index (χ4n) is 4.19. The number of ether oxygens (including phenoxy) is 3. The Bertz CT molecular complexity index is 1460. The summed E-state index contributed by atoms with van der Waals surface area (Å²) in [5.74, 6) is 0.547. The molecule has 5 rings (SSSR count). The summed E-state index contributed by atoms with van der Waals surface area (Å²) in [6, 6.07) is 22.9. The Hall–Kier alpha value is -4.69. The number of amides is 1. The Morgan fingerprint density at radius 2 is 1.79 bits per heavy atom. The van der Waals surface area contributed by atoms with Crippen LogP contribution in [0.1, 0.15) is 39.2 Å². The van der Waals surface area contributed by atoms with Crippen molar-refractivity contribution in [1.29, 1.82) is 0 Å². The van der Waals surface area contributed by atoms with Crippen LogP contribution in [-0.4, -0.2) is 36.2 Å². The number of anilines is 1. The van der Waals surface area contributed by atoms with Crippen molar-refractivity contribution in [3.63, 3.8) is 0 Å². The van der Waals surface area contributed by atoms with Gasteiger partial charge in [0.25, 0.3) is 5.91 Å². The molecule has 2 heterocycles. The third kappa shape index (κ3) is 5.66. The minimum absolute atomic E-state index is 0.0488. The van der Waals surface area contributed by atoms with Gasteiger partial charge in [-0.1, -0.05) is 30.3 Å². The first-order valence-electron chi connectivity index (χ1n) is 12.2. The van der Waals surface area contributed by atoms with E-state index in [0.29, 0.717) is 28.3 Å². The van der Waals surface area contributed by atoms with Crippen LogP contribution in [0.2, 0.25) is 0 Å². The minimum Gasteiger partial charge on any atom is -0.486 e. The van der Waals surface area contributed by atoms with Gasteiger partial charge in [-0.2, -0.15) is 0 Å². The number of fused-ring (bicyclic) bond motifs is 1. The molecule has 1 amide bonds. The third-order valence-electron chi connectivity index (χ3n) is 6.12. The average Bonchev–Trinajstić information content (AvgIpc) is 2.96. The van der Waals surface area contributed by atoms with Gasteiger partial charge in [0.1, 0.15) is 13.2 Å². The van der Waals surface area contributed by atoms with Crippen LogP contribution < -0.4 is 20.5 Å². The average molecular weight is 510 g/mol. The number of nitrogens with one attached hydrogen (secondary N) is 1. The van der Waals surface area contributed by atoms with Gasteiger partial charge in [0, 0.05) is 29.7 Å². The number of hydrogen-bond donors (Lipinski definition) is 2. The van der Waals surface area contributed by atoms with E-state index < -0.39 is 12.1 Å². The standard InChI is InChI=1S/C30H27N3O5/c1-19(31)25-10-9-21(29(34)33-23-11-13-32-14-12-23)16-26(25)20-5-4-6-22(15-20)30(35)37-18-24-17-36-27-7-2-3-8-28(27)38-24/h2-16,19,24H,17-18,31H2,1H3,(H,32,33,34). The SMILES string of the molecule is CC(N)c1ccc(C(=O)Nc2ccncc2)cc1-c1cccc(C(=O)OCC2COc3ccccc3O2)c1. The molecule has 2 unspecified atom stereocenters. The van der Waals surface area contributed by atoms with Gasteiger partial charge in [-0.15, -0.1) is 0 Å². The molecule has 0 saturated heterocycles. The Kier molecular flexibility index (Phi) is 7.33. The van der Waals surface area contributed by atoms with E-state index >= 15 is 0 Å². The predicted octanol–water partition coefficient (Wildman–Crippen LogP) is 5.02. The molecule has 3 N–H and O–H groups in total. The Morgan fingerprint density at radius 1 is 1.00 bits per heavy atom. The van der Waals surface area contributed by atoms with Crippen molar-refractivity contribution in [2.45, 2.75) is 19.1 Å². The van der Waals surface area contributed by atoms with Gasteiger partial charge in [-0.05, 0) is 72.1 Å². The zero-order valence-corrected chi connectivity index (χ0v) is 20.8. The number of nitrogens with zero attached hydrogens (tertiary/aromatic N) is 1. The molecule has 3 aromatic carbocycles. The topological polar surface area (TPSA) is 113 Å². The third-order valence-corrected chi connectivity index (χ3v) is 6.12.